The summed E-state index contributed by atoms with van der Waals surface area (Å²) in [5.41, 5.74) is 1.86. The summed E-state index contributed by atoms with van der Waals surface area (Å²) in [5.74, 6) is 1.21. The van der Waals surface area contributed by atoms with Crippen LogP contribution in [0.2, 0.25) is 0 Å². The van der Waals surface area contributed by atoms with Gasteiger partial charge in [0, 0.05) is 31.7 Å². The molecule has 4 heterocycles. The molecule has 0 N–H and O–H groups in total. The Hall–Kier alpha value is -3.98. The van der Waals surface area contributed by atoms with Crippen molar-refractivity contribution in [3.63, 3.8) is 0 Å². The van der Waals surface area contributed by atoms with E-state index in [2.05, 4.69) is 15.1 Å². The van der Waals surface area contributed by atoms with Gasteiger partial charge in [-0.05, 0) is 42.1 Å². The normalized spacial score (nSPS) is 13.9. The smallest absolute Gasteiger partial charge is 0.264 e. The molecule has 36 heavy (non-hydrogen) atoms. The van der Waals surface area contributed by atoms with Gasteiger partial charge in [-0.25, -0.2) is 0 Å². The van der Waals surface area contributed by atoms with E-state index in [0.29, 0.717) is 30.3 Å². The van der Waals surface area contributed by atoms with Crippen LogP contribution in [0.3, 0.4) is 0 Å². The molecule has 0 atom stereocenters. The highest BCUT2D eigenvalue weighted by molar-refractivity contribution is 7.12. The number of nitrogens with zero attached hydrogens (tertiary/aromatic N) is 5. The van der Waals surface area contributed by atoms with Gasteiger partial charge in [-0.15, -0.1) is 21.5 Å². The average molecular weight is 502 g/mol. The van der Waals surface area contributed by atoms with Crippen LogP contribution in [0.1, 0.15) is 21.9 Å². The van der Waals surface area contributed by atoms with Crippen LogP contribution in [0.25, 0.3) is 11.3 Å². The highest BCUT2D eigenvalue weighted by Gasteiger charge is 2.26. The summed E-state index contributed by atoms with van der Waals surface area (Å²) in [6.45, 7) is 2.88. The zero-order valence-corrected chi connectivity index (χ0v) is 20.6. The third kappa shape index (κ3) is 5.63. The predicted octanol–water partition coefficient (Wildman–Crippen LogP) is 4.18. The molecule has 0 saturated carbocycles. The quantitative estimate of drug-likeness (QED) is 0.378. The second-order valence-corrected chi connectivity index (χ2v) is 9.53. The number of aromatic nitrogens is 2. The van der Waals surface area contributed by atoms with Gasteiger partial charge in [0.2, 0.25) is 5.91 Å². The number of hydrogen-bond acceptors (Lipinski definition) is 7. The van der Waals surface area contributed by atoms with E-state index < -0.39 is 0 Å². The maximum atomic E-state index is 13.3. The number of anilines is 1. The molecular formula is C27H27N5O3S. The molecule has 8 nitrogen and oxygen atoms in total. The average Bonchev–Trinajstić information content (AvgIpc) is 3.59. The number of furan rings is 1. The molecule has 1 aliphatic heterocycles. The van der Waals surface area contributed by atoms with E-state index in [-0.39, 0.29) is 24.9 Å². The molecule has 1 aliphatic rings. The lowest BCUT2D eigenvalue weighted by atomic mass is 10.1. The Morgan fingerprint density at radius 1 is 0.917 bits per heavy atom. The summed E-state index contributed by atoms with van der Waals surface area (Å²) in [4.78, 5) is 32.5. The first-order valence-corrected chi connectivity index (χ1v) is 12.8. The Kier molecular flexibility index (Phi) is 7.37. The van der Waals surface area contributed by atoms with E-state index in [0.717, 1.165) is 30.0 Å². The lowest BCUT2D eigenvalue weighted by Gasteiger charge is -2.26. The standard InChI is InChI=1S/C27H27N5O3S/c33-26(20-32(19-22-9-4-17-35-22)27(34)24-10-5-18-36-24)31-14-6-13-30(15-16-31)25-12-11-23(28-29-25)21-7-2-1-3-8-21/h1-5,7-12,17-18H,6,13-16,19-20H2. The zero-order chi connectivity index (χ0) is 24.7. The summed E-state index contributed by atoms with van der Waals surface area (Å²) < 4.78 is 5.44. The first-order valence-electron chi connectivity index (χ1n) is 11.9. The Morgan fingerprint density at radius 3 is 2.53 bits per heavy atom. The van der Waals surface area contributed by atoms with Gasteiger partial charge in [0.05, 0.1) is 23.4 Å². The number of rotatable bonds is 7. The first kappa shape index (κ1) is 23.7. The fourth-order valence-electron chi connectivity index (χ4n) is 4.26. The molecule has 0 spiro atoms. The number of carbonyl (C=O) groups excluding carboxylic acids is 2. The minimum Gasteiger partial charge on any atom is -0.467 e. The molecule has 9 heteroatoms. The fraction of sp³-hybridized carbons (Fsp3) is 0.259. The van der Waals surface area contributed by atoms with Crippen molar-refractivity contribution in [1.82, 2.24) is 20.0 Å². The van der Waals surface area contributed by atoms with Crippen LogP contribution >= 0.6 is 11.3 Å². The maximum Gasteiger partial charge on any atom is 0.264 e. The molecule has 1 fully saturated rings. The van der Waals surface area contributed by atoms with Crippen LogP contribution in [0.5, 0.6) is 0 Å². The van der Waals surface area contributed by atoms with E-state index in [9.17, 15) is 9.59 Å². The molecule has 2 amide bonds. The second-order valence-electron chi connectivity index (χ2n) is 8.58. The third-order valence-corrected chi connectivity index (χ3v) is 7.02. The van der Waals surface area contributed by atoms with Crippen LogP contribution in [0.4, 0.5) is 5.82 Å². The van der Waals surface area contributed by atoms with Crippen molar-refractivity contribution in [2.45, 2.75) is 13.0 Å². The van der Waals surface area contributed by atoms with Crippen molar-refractivity contribution >= 4 is 29.0 Å². The molecule has 3 aromatic heterocycles. The SMILES string of the molecule is O=C(CN(Cc1ccco1)C(=O)c1cccs1)N1CCCN(c2ccc(-c3ccccc3)nn2)CC1. The van der Waals surface area contributed by atoms with Gasteiger partial charge in [0.25, 0.3) is 5.91 Å². The van der Waals surface area contributed by atoms with Crippen LogP contribution in [-0.4, -0.2) is 64.5 Å². The van der Waals surface area contributed by atoms with Gasteiger partial charge < -0.3 is 19.1 Å². The van der Waals surface area contributed by atoms with Crippen LogP contribution in [-0.2, 0) is 11.3 Å². The van der Waals surface area contributed by atoms with Gasteiger partial charge in [-0.2, -0.15) is 0 Å². The third-order valence-electron chi connectivity index (χ3n) is 6.16. The largest absolute Gasteiger partial charge is 0.467 e. The molecule has 0 bridgehead atoms. The van der Waals surface area contributed by atoms with Gasteiger partial charge >= 0.3 is 0 Å². The molecule has 1 saturated heterocycles. The van der Waals surface area contributed by atoms with E-state index >= 15 is 0 Å². The fourth-order valence-corrected chi connectivity index (χ4v) is 4.95. The van der Waals surface area contributed by atoms with Crippen LogP contribution in [0.15, 0.2) is 82.8 Å². The summed E-state index contributed by atoms with van der Waals surface area (Å²) in [6, 6.07) is 21.1. The zero-order valence-electron chi connectivity index (χ0n) is 19.8. The Morgan fingerprint density at radius 2 is 1.81 bits per heavy atom. The van der Waals surface area contributed by atoms with Crippen molar-refractivity contribution < 1.29 is 14.0 Å². The molecular weight excluding hydrogens is 474 g/mol. The minimum absolute atomic E-state index is 0.00299. The lowest BCUT2D eigenvalue weighted by molar-refractivity contribution is -0.131. The lowest BCUT2D eigenvalue weighted by Crippen LogP contribution is -2.43. The summed E-state index contributed by atoms with van der Waals surface area (Å²) in [6.07, 6.45) is 2.38. The molecule has 1 aromatic carbocycles. The van der Waals surface area contributed by atoms with Crippen molar-refractivity contribution in [3.05, 3.63) is 89.0 Å². The van der Waals surface area contributed by atoms with Crippen molar-refractivity contribution in [1.29, 1.82) is 0 Å². The number of hydrogen-bond donors (Lipinski definition) is 0. The summed E-state index contributed by atoms with van der Waals surface area (Å²) in [7, 11) is 0. The molecule has 184 valence electrons. The number of thiophene rings is 1. The topological polar surface area (TPSA) is 82.8 Å². The van der Waals surface area contributed by atoms with E-state index in [4.69, 9.17) is 4.42 Å². The molecule has 0 aliphatic carbocycles. The van der Waals surface area contributed by atoms with E-state index in [1.54, 1.807) is 23.3 Å². The molecule has 5 rings (SSSR count). The molecule has 4 aromatic rings. The number of benzene rings is 1. The summed E-state index contributed by atoms with van der Waals surface area (Å²) in [5, 5.41) is 10.7. The highest BCUT2D eigenvalue weighted by atomic mass is 32.1. The molecule has 0 unspecified atom stereocenters. The number of amides is 2. The van der Waals surface area contributed by atoms with Gasteiger partial charge in [0.15, 0.2) is 5.82 Å². The Bertz CT molecular complexity index is 1260. The van der Waals surface area contributed by atoms with E-state index in [1.165, 1.54) is 11.3 Å². The number of carbonyl (C=O) groups is 2. The van der Waals surface area contributed by atoms with Crippen molar-refractivity contribution in [2.75, 3.05) is 37.6 Å². The monoisotopic (exact) mass is 501 g/mol. The van der Waals surface area contributed by atoms with E-state index in [1.807, 2.05) is 64.9 Å². The van der Waals surface area contributed by atoms with Gasteiger partial charge in [-0.3, -0.25) is 9.59 Å². The van der Waals surface area contributed by atoms with Gasteiger partial charge in [0.1, 0.15) is 12.3 Å². The Balaban J connectivity index is 1.22. The summed E-state index contributed by atoms with van der Waals surface area (Å²) >= 11 is 1.37. The van der Waals surface area contributed by atoms with Crippen molar-refractivity contribution in [2.24, 2.45) is 0 Å². The van der Waals surface area contributed by atoms with Crippen LogP contribution in [0, 0.1) is 0 Å². The Labute approximate surface area is 213 Å². The molecule has 0 radical (unpaired) electrons. The van der Waals surface area contributed by atoms with Crippen molar-refractivity contribution in [3.8, 4) is 11.3 Å². The second kappa shape index (κ2) is 11.2. The maximum absolute atomic E-state index is 13.3. The first-order chi connectivity index (χ1) is 17.7. The highest BCUT2D eigenvalue weighted by Crippen LogP contribution is 2.20. The minimum atomic E-state index is -0.167. The van der Waals surface area contributed by atoms with Crippen LogP contribution < -0.4 is 4.90 Å². The van der Waals surface area contributed by atoms with Gasteiger partial charge in [-0.1, -0.05) is 36.4 Å². The predicted molar refractivity (Wildman–Crippen MR) is 139 cm³/mol.